The molecule has 2 aromatic heterocycles. The van der Waals surface area contributed by atoms with Crippen molar-refractivity contribution in [1.82, 2.24) is 15.3 Å². The molecule has 1 atom stereocenters. The SMILES string of the molecule is CC(Nc1nc2c(C(=O)NCc3ccccc3)c[nH]c(=O)c2c2cc(Br)ccc12)C(C)(C)C. The van der Waals surface area contributed by atoms with Crippen LogP contribution in [0.25, 0.3) is 21.7 Å². The lowest BCUT2D eigenvalue weighted by atomic mass is 9.88. The highest BCUT2D eigenvalue weighted by Gasteiger charge is 2.23. The Balaban J connectivity index is 1.87. The number of amides is 1. The number of anilines is 1. The third-order valence-corrected chi connectivity index (χ3v) is 6.48. The Bertz CT molecular complexity index is 1390. The van der Waals surface area contributed by atoms with Gasteiger partial charge in [0.1, 0.15) is 5.82 Å². The summed E-state index contributed by atoms with van der Waals surface area (Å²) in [6.07, 6.45) is 1.44. The first-order chi connectivity index (χ1) is 15.6. The highest BCUT2D eigenvalue weighted by Crippen LogP contribution is 2.33. The van der Waals surface area contributed by atoms with E-state index in [1.54, 1.807) is 0 Å². The van der Waals surface area contributed by atoms with Crippen LogP contribution in [-0.4, -0.2) is 21.9 Å². The molecule has 4 rings (SSSR count). The molecule has 1 unspecified atom stereocenters. The standard InChI is InChI=1S/C26H27BrN4O2/c1-15(26(2,3)4)30-23-18-11-10-17(27)12-19(18)21-22(31-23)20(14-29-25(21)33)24(32)28-13-16-8-6-5-7-9-16/h5-12,14-15H,13H2,1-4H3,(H,28,32)(H,29,33)(H,30,31). The summed E-state index contributed by atoms with van der Waals surface area (Å²) in [6, 6.07) is 15.5. The first kappa shape index (κ1) is 23.0. The van der Waals surface area contributed by atoms with E-state index in [0.29, 0.717) is 28.8 Å². The largest absolute Gasteiger partial charge is 0.367 e. The topological polar surface area (TPSA) is 86.9 Å². The van der Waals surface area contributed by atoms with E-state index < -0.39 is 0 Å². The van der Waals surface area contributed by atoms with Gasteiger partial charge in [-0.2, -0.15) is 0 Å². The number of pyridine rings is 2. The predicted octanol–water partition coefficient (Wildman–Crippen LogP) is 5.62. The molecule has 170 valence electrons. The van der Waals surface area contributed by atoms with Gasteiger partial charge in [-0.15, -0.1) is 0 Å². The maximum absolute atomic E-state index is 13.1. The third kappa shape index (κ3) is 4.78. The van der Waals surface area contributed by atoms with Crippen molar-refractivity contribution in [2.45, 2.75) is 40.3 Å². The fraction of sp³-hybridized carbons (Fsp3) is 0.269. The van der Waals surface area contributed by atoms with E-state index >= 15 is 0 Å². The van der Waals surface area contributed by atoms with E-state index in [4.69, 9.17) is 4.98 Å². The molecule has 1 amide bonds. The highest BCUT2D eigenvalue weighted by atomic mass is 79.9. The normalized spacial score (nSPS) is 12.6. The minimum absolute atomic E-state index is 0.0115. The van der Waals surface area contributed by atoms with Gasteiger partial charge < -0.3 is 15.6 Å². The van der Waals surface area contributed by atoms with Crippen LogP contribution in [0.2, 0.25) is 0 Å². The van der Waals surface area contributed by atoms with E-state index in [-0.39, 0.29) is 22.9 Å². The number of H-pyrrole nitrogens is 1. The number of carbonyl (C=O) groups excluding carboxylic acids is 1. The third-order valence-electron chi connectivity index (χ3n) is 5.99. The molecule has 0 spiro atoms. The van der Waals surface area contributed by atoms with Gasteiger partial charge in [0.05, 0.1) is 16.5 Å². The second-order valence-electron chi connectivity index (χ2n) is 9.31. The number of aromatic nitrogens is 2. The maximum Gasteiger partial charge on any atom is 0.258 e. The van der Waals surface area contributed by atoms with Gasteiger partial charge in [0.2, 0.25) is 0 Å². The van der Waals surface area contributed by atoms with Gasteiger partial charge in [-0.25, -0.2) is 4.98 Å². The summed E-state index contributed by atoms with van der Waals surface area (Å²) in [5, 5.41) is 8.41. The Morgan fingerprint density at radius 3 is 2.55 bits per heavy atom. The van der Waals surface area contributed by atoms with Crippen molar-refractivity contribution in [3.8, 4) is 0 Å². The van der Waals surface area contributed by atoms with Gasteiger partial charge in [-0.1, -0.05) is 67.0 Å². The van der Waals surface area contributed by atoms with Crippen molar-refractivity contribution in [3.05, 3.63) is 80.7 Å². The van der Waals surface area contributed by atoms with Gasteiger partial charge in [0, 0.05) is 34.0 Å². The van der Waals surface area contributed by atoms with Crippen LogP contribution in [0.5, 0.6) is 0 Å². The lowest BCUT2D eigenvalue weighted by Gasteiger charge is -2.29. The van der Waals surface area contributed by atoms with Crippen LogP contribution < -0.4 is 16.2 Å². The Hall–Kier alpha value is -3.19. The summed E-state index contributed by atoms with van der Waals surface area (Å²) in [5.41, 5.74) is 1.40. The molecule has 33 heavy (non-hydrogen) atoms. The summed E-state index contributed by atoms with van der Waals surface area (Å²) in [7, 11) is 0. The van der Waals surface area contributed by atoms with Gasteiger partial charge in [-0.05, 0) is 36.1 Å². The molecular weight excluding hydrogens is 480 g/mol. The van der Waals surface area contributed by atoms with Crippen molar-refractivity contribution in [1.29, 1.82) is 0 Å². The second-order valence-corrected chi connectivity index (χ2v) is 10.2. The molecule has 2 aromatic carbocycles. The molecule has 0 radical (unpaired) electrons. The number of nitrogens with zero attached hydrogens (tertiary/aromatic N) is 1. The van der Waals surface area contributed by atoms with E-state index in [0.717, 1.165) is 20.8 Å². The number of hydrogen-bond donors (Lipinski definition) is 3. The smallest absolute Gasteiger partial charge is 0.258 e. The lowest BCUT2D eigenvalue weighted by molar-refractivity contribution is 0.0952. The van der Waals surface area contributed by atoms with Crippen molar-refractivity contribution < 1.29 is 4.79 Å². The summed E-state index contributed by atoms with van der Waals surface area (Å²) in [5.74, 6) is 0.354. The molecule has 0 aliphatic rings. The van der Waals surface area contributed by atoms with Crippen molar-refractivity contribution in [3.63, 3.8) is 0 Å². The van der Waals surface area contributed by atoms with Crippen molar-refractivity contribution in [2.75, 3.05) is 5.32 Å². The summed E-state index contributed by atoms with van der Waals surface area (Å²) >= 11 is 3.52. The minimum atomic E-state index is -0.295. The first-order valence-corrected chi connectivity index (χ1v) is 11.7. The van der Waals surface area contributed by atoms with Crippen LogP contribution in [0, 0.1) is 5.41 Å². The maximum atomic E-state index is 13.1. The van der Waals surface area contributed by atoms with Crippen LogP contribution in [0.4, 0.5) is 5.82 Å². The number of benzene rings is 2. The Labute approximate surface area is 201 Å². The zero-order chi connectivity index (χ0) is 23.8. The molecular formula is C26H27BrN4O2. The molecule has 0 fully saturated rings. The van der Waals surface area contributed by atoms with Crippen LogP contribution >= 0.6 is 15.9 Å². The number of hydrogen-bond acceptors (Lipinski definition) is 4. The monoisotopic (exact) mass is 506 g/mol. The summed E-state index contributed by atoms with van der Waals surface area (Å²) in [6.45, 7) is 8.93. The molecule has 0 saturated carbocycles. The van der Waals surface area contributed by atoms with Gasteiger partial charge in [-0.3, -0.25) is 9.59 Å². The zero-order valence-electron chi connectivity index (χ0n) is 19.1. The van der Waals surface area contributed by atoms with Crippen LogP contribution in [0.15, 0.2) is 64.0 Å². The van der Waals surface area contributed by atoms with Gasteiger partial charge >= 0.3 is 0 Å². The van der Waals surface area contributed by atoms with Crippen LogP contribution in [0.3, 0.4) is 0 Å². The average molecular weight is 507 g/mol. The summed E-state index contributed by atoms with van der Waals surface area (Å²) < 4.78 is 0.843. The Morgan fingerprint density at radius 1 is 1.12 bits per heavy atom. The number of rotatable bonds is 5. The quantitative estimate of drug-likeness (QED) is 0.306. The molecule has 3 N–H and O–H groups in total. The van der Waals surface area contributed by atoms with E-state index in [9.17, 15) is 9.59 Å². The van der Waals surface area contributed by atoms with Crippen molar-refractivity contribution >= 4 is 49.3 Å². The molecule has 0 bridgehead atoms. The first-order valence-electron chi connectivity index (χ1n) is 10.9. The predicted molar refractivity (Wildman–Crippen MR) is 138 cm³/mol. The molecule has 6 nitrogen and oxygen atoms in total. The van der Waals surface area contributed by atoms with Crippen LogP contribution in [0.1, 0.15) is 43.6 Å². The van der Waals surface area contributed by atoms with E-state index in [1.165, 1.54) is 6.20 Å². The molecule has 0 saturated heterocycles. The number of carbonyl (C=O) groups is 1. The number of halogens is 1. The van der Waals surface area contributed by atoms with Gasteiger partial charge in [0.15, 0.2) is 0 Å². The highest BCUT2D eigenvalue weighted by molar-refractivity contribution is 9.10. The zero-order valence-corrected chi connectivity index (χ0v) is 20.7. The Morgan fingerprint density at radius 2 is 1.85 bits per heavy atom. The fourth-order valence-corrected chi connectivity index (χ4v) is 3.93. The van der Waals surface area contributed by atoms with Crippen molar-refractivity contribution in [2.24, 2.45) is 5.41 Å². The lowest BCUT2D eigenvalue weighted by Crippen LogP contribution is -2.31. The number of fused-ring (bicyclic) bond motifs is 3. The molecule has 4 aromatic rings. The molecule has 0 aliphatic carbocycles. The van der Waals surface area contributed by atoms with E-state index in [1.807, 2.05) is 48.5 Å². The number of nitrogens with one attached hydrogen (secondary N) is 3. The summed E-state index contributed by atoms with van der Waals surface area (Å²) in [4.78, 5) is 33.6. The van der Waals surface area contributed by atoms with Gasteiger partial charge in [0.25, 0.3) is 11.5 Å². The molecule has 2 heterocycles. The Kier molecular flexibility index (Phi) is 6.26. The van der Waals surface area contributed by atoms with Crippen LogP contribution in [-0.2, 0) is 6.54 Å². The molecule has 7 heteroatoms. The fourth-order valence-electron chi connectivity index (χ4n) is 3.57. The van der Waals surface area contributed by atoms with E-state index in [2.05, 4.69) is 59.2 Å². The minimum Gasteiger partial charge on any atom is -0.367 e. The average Bonchev–Trinajstić information content (AvgIpc) is 2.77. The second kappa shape index (κ2) is 8.98. The molecule has 0 aliphatic heterocycles. The number of aromatic amines is 1.